The average molecular weight is 270 g/mol. The highest BCUT2D eigenvalue weighted by atomic mass is 16.5. The molecule has 0 amide bonds. The van der Waals surface area contributed by atoms with Crippen LogP contribution in [0.5, 0.6) is 5.88 Å². The Morgan fingerprint density at radius 1 is 1.32 bits per heavy atom. The molecule has 0 saturated carbocycles. The molecular formula is C10H14N4O5. The number of rotatable bonds is 1. The van der Waals surface area contributed by atoms with Crippen molar-refractivity contribution in [3.8, 4) is 5.88 Å². The molecule has 104 valence electrons. The standard InChI is InChI=1S/C5H4N4O.C5H10O4/c10-5-3-4(7-1-6-3)8-2-9-5;6-1-4-5(8)3(7)2-9-4/h1-2H,(H2,6,7,8,9,10);3-8H,1-2H2/t;3-,4+,5-/m.0/s1. The molecule has 3 atom stereocenters. The van der Waals surface area contributed by atoms with Gasteiger partial charge in [-0.25, -0.2) is 9.97 Å². The second-order valence-electron chi connectivity index (χ2n) is 3.91. The summed E-state index contributed by atoms with van der Waals surface area (Å²) in [7, 11) is 0. The van der Waals surface area contributed by atoms with Crippen LogP contribution in [0.2, 0.25) is 0 Å². The number of aliphatic hydroxyl groups is 3. The zero-order valence-electron chi connectivity index (χ0n) is 9.84. The Bertz CT molecular complexity index is 533. The molecule has 3 heterocycles. The van der Waals surface area contributed by atoms with Gasteiger partial charge in [0.2, 0.25) is 5.88 Å². The lowest BCUT2D eigenvalue weighted by atomic mass is 10.2. The summed E-state index contributed by atoms with van der Waals surface area (Å²) >= 11 is 0. The highest BCUT2D eigenvalue weighted by Crippen LogP contribution is 2.14. The van der Waals surface area contributed by atoms with E-state index in [0.717, 1.165) is 0 Å². The van der Waals surface area contributed by atoms with E-state index in [9.17, 15) is 0 Å². The molecule has 1 aliphatic rings. The number of aromatic hydroxyl groups is 1. The Balaban J connectivity index is 0.000000141. The molecule has 19 heavy (non-hydrogen) atoms. The number of aromatic nitrogens is 4. The van der Waals surface area contributed by atoms with E-state index in [-0.39, 0.29) is 19.1 Å². The first kappa shape index (κ1) is 13.6. The van der Waals surface area contributed by atoms with Crippen LogP contribution < -0.4 is 0 Å². The van der Waals surface area contributed by atoms with Crippen LogP contribution >= 0.6 is 0 Å². The molecule has 2 aromatic heterocycles. The second-order valence-corrected chi connectivity index (χ2v) is 3.91. The summed E-state index contributed by atoms with van der Waals surface area (Å²) in [5.74, 6) is -0.0671. The van der Waals surface area contributed by atoms with Gasteiger partial charge < -0.3 is 30.1 Å². The van der Waals surface area contributed by atoms with Gasteiger partial charge in [-0.05, 0) is 0 Å². The van der Waals surface area contributed by atoms with E-state index in [4.69, 9.17) is 25.2 Å². The Hall–Kier alpha value is -1.81. The maximum Gasteiger partial charge on any atom is 0.240 e. The monoisotopic (exact) mass is 270 g/mol. The first-order valence-corrected chi connectivity index (χ1v) is 5.55. The molecule has 1 saturated heterocycles. The number of aliphatic hydroxyl groups excluding tert-OH is 3. The largest absolute Gasteiger partial charge is 0.492 e. The smallest absolute Gasteiger partial charge is 0.240 e. The third-order valence-electron chi connectivity index (χ3n) is 2.64. The first-order valence-electron chi connectivity index (χ1n) is 5.55. The van der Waals surface area contributed by atoms with Gasteiger partial charge in [-0.3, -0.25) is 0 Å². The number of nitrogens with zero attached hydrogens (tertiary/aromatic N) is 3. The summed E-state index contributed by atoms with van der Waals surface area (Å²) in [6.45, 7) is -0.120. The maximum absolute atomic E-state index is 9.04. The van der Waals surface area contributed by atoms with Crippen molar-refractivity contribution in [2.45, 2.75) is 18.3 Å². The van der Waals surface area contributed by atoms with Crippen LogP contribution in [0.3, 0.4) is 0 Å². The van der Waals surface area contributed by atoms with Crippen molar-refractivity contribution in [3.05, 3.63) is 12.7 Å². The number of hydrogen-bond acceptors (Lipinski definition) is 8. The number of nitrogens with one attached hydrogen (secondary N) is 1. The molecule has 0 unspecified atom stereocenters. The van der Waals surface area contributed by atoms with Crippen molar-refractivity contribution < 1.29 is 25.2 Å². The number of aromatic amines is 1. The van der Waals surface area contributed by atoms with Crippen molar-refractivity contribution in [3.63, 3.8) is 0 Å². The van der Waals surface area contributed by atoms with Crippen LogP contribution in [-0.2, 0) is 4.74 Å². The van der Waals surface area contributed by atoms with Crippen LogP contribution in [0.25, 0.3) is 11.2 Å². The minimum atomic E-state index is -0.921. The predicted molar refractivity (Wildman–Crippen MR) is 62.2 cm³/mol. The fraction of sp³-hybridized carbons (Fsp3) is 0.500. The lowest BCUT2D eigenvalue weighted by Gasteiger charge is -2.10. The quantitative estimate of drug-likeness (QED) is 0.406. The minimum absolute atomic E-state index is 0.0671. The lowest BCUT2D eigenvalue weighted by Crippen LogP contribution is -2.31. The highest BCUT2D eigenvalue weighted by Gasteiger charge is 2.33. The SMILES string of the molecule is OC[C@H]1OC[C@H](O)[C@@H]1O.Oc1ncnc2nc[nH]c12. The summed E-state index contributed by atoms with van der Waals surface area (Å²) in [4.78, 5) is 13.9. The van der Waals surface area contributed by atoms with Crippen LogP contribution in [-0.4, -0.2) is 71.9 Å². The molecule has 0 aliphatic carbocycles. The number of ether oxygens (including phenoxy) is 1. The third-order valence-corrected chi connectivity index (χ3v) is 2.64. The predicted octanol–water partition coefficient (Wildman–Crippen LogP) is -1.84. The van der Waals surface area contributed by atoms with Crippen LogP contribution in [0.15, 0.2) is 12.7 Å². The fourth-order valence-electron chi connectivity index (χ4n) is 1.58. The first-order chi connectivity index (χ1) is 9.13. The van der Waals surface area contributed by atoms with E-state index in [2.05, 4.69) is 19.9 Å². The Morgan fingerprint density at radius 3 is 2.63 bits per heavy atom. The van der Waals surface area contributed by atoms with Crippen molar-refractivity contribution in [2.75, 3.05) is 13.2 Å². The molecule has 0 bridgehead atoms. The Kier molecular flexibility index (Phi) is 4.22. The normalized spacial score (nSPS) is 26.2. The van der Waals surface area contributed by atoms with Gasteiger partial charge in [-0.2, -0.15) is 4.98 Å². The molecule has 2 aromatic rings. The van der Waals surface area contributed by atoms with Crippen molar-refractivity contribution in [1.29, 1.82) is 0 Å². The topological polar surface area (TPSA) is 145 Å². The van der Waals surface area contributed by atoms with Gasteiger partial charge in [0.15, 0.2) is 5.65 Å². The van der Waals surface area contributed by atoms with E-state index in [1.165, 1.54) is 12.7 Å². The molecule has 0 radical (unpaired) electrons. The molecule has 0 spiro atoms. The fourth-order valence-corrected chi connectivity index (χ4v) is 1.58. The molecular weight excluding hydrogens is 256 g/mol. The molecule has 3 rings (SSSR count). The zero-order valence-corrected chi connectivity index (χ0v) is 9.84. The van der Waals surface area contributed by atoms with Gasteiger partial charge in [-0.1, -0.05) is 0 Å². The number of fused-ring (bicyclic) bond motifs is 1. The molecule has 9 nitrogen and oxygen atoms in total. The summed E-state index contributed by atoms with van der Waals surface area (Å²) in [6.07, 6.45) is 0.370. The number of imidazole rings is 1. The van der Waals surface area contributed by atoms with E-state index >= 15 is 0 Å². The van der Waals surface area contributed by atoms with E-state index < -0.39 is 18.3 Å². The molecule has 0 aromatic carbocycles. The summed E-state index contributed by atoms with van der Waals surface area (Å²) in [5, 5.41) is 35.2. The number of hydrogen-bond donors (Lipinski definition) is 5. The summed E-state index contributed by atoms with van der Waals surface area (Å²) in [6, 6.07) is 0. The van der Waals surface area contributed by atoms with Gasteiger partial charge in [-0.15, -0.1) is 0 Å². The van der Waals surface area contributed by atoms with Crippen molar-refractivity contribution in [1.82, 2.24) is 19.9 Å². The van der Waals surface area contributed by atoms with Gasteiger partial charge in [0.25, 0.3) is 0 Å². The number of H-pyrrole nitrogens is 1. The van der Waals surface area contributed by atoms with Crippen LogP contribution in [0.1, 0.15) is 0 Å². The van der Waals surface area contributed by atoms with Gasteiger partial charge in [0.1, 0.15) is 30.2 Å². The zero-order chi connectivity index (χ0) is 13.8. The molecule has 1 fully saturated rings. The summed E-state index contributed by atoms with van der Waals surface area (Å²) < 4.78 is 4.78. The molecule has 5 N–H and O–H groups in total. The van der Waals surface area contributed by atoms with E-state index in [1.54, 1.807) is 0 Å². The highest BCUT2D eigenvalue weighted by molar-refractivity contribution is 5.74. The van der Waals surface area contributed by atoms with Crippen LogP contribution in [0, 0.1) is 0 Å². The van der Waals surface area contributed by atoms with Gasteiger partial charge in [0.05, 0.1) is 19.5 Å². The van der Waals surface area contributed by atoms with Gasteiger partial charge >= 0.3 is 0 Å². The maximum atomic E-state index is 9.04. The van der Waals surface area contributed by atoms with E-state index in [0.29, 0.717) is 11.2 Å². The summed E-state index contributed by atoms with van der Waals surface area (Å²) in [5.41, 5.74) is 0.954. The van der Waals surface area contributed by atoms with Crippen molar-refractivity contribution in [2.24, 2.45) is 0 Å². The Morgan fingerprint density at radius 2 is 2.11 bits per heavy atom. The molecule has 1 aliphatic heterocycles. The third kappa shape index (κ3) is 2.96. The van der Waals surface area contributed by atoms with Gasteiger partial charge in [0, 0.05) is 0 Å². The van der Waals surface area contributed by atoms with E-state index in [1.807, 2.05) is 0 Å². The lowest BCUT2D eigenvalue weighted by molar-refractivity contribution is -0.00588. The Labute approximate surface area is 107 Å². The molecule has 9 heteroatoms. The van der Waals surface area contributed by atoms with Crippen molar-refractivity contribution >= 4 is 11.2 Å². The minimum Gasteiger partial charge on any atom is -0.492 e. The average Bonchev–Trinajstić information content (AvgIpc) is 3.00. The second kappa shape index (κ2) is 5.89. The van der Waals surface area contributed by atoms with Crippen LogP contribution in [0.4, 0.5) is 0 Å².